The zero-order chi connectivity index (χ0) is 9.97. The summed E-state index contributed by atoms with van der Waals surface area (Å²) >= 11 is 0. The van der Waals surface area contributed by atoms with Crippen LogP contribution in [0.2, 0.25) is 0 Å². The summed E-state index contributed by atoms with van der Waals surface area (Å²) in [4.78, 5) is 4.29. The second-order valence-electron chi connectivity index (χ2n) is 4.09. The third-order valence-electron chi connectivity index (χ3n) is 2.64. The van der Waals surface area contributed by atoms with E-state index < -0.39 is 0 Å². The lowest BCUT2D eigenvalue weighted by Crippen LogP contribution is -2.17. The Morgan fingerprint density at radius 2 is 2.43 bits per heavy atom. The highest BCUT2D eigenvalue weighted by Gasteiger charge is 2.23. The predicted molar refractivity (Wildman–Crippen MR) is 55.0 cm³/mol. The molecule has 0 radical (unpaired) electrons. The van der Waals surface area contributed by atoms with Crippen molar-refractivity contribution in [1.82, 2.24) is 10.3 Å². The van der Waals surface area contributed by atoms with E-state index in [9.17, 15) is 0 Å². The van der Waals surface area contributed by atoms with E-state index in [2.05, 4.69) is 24.1 Å². The molecule has 2 rings (SSSR count). The summed E-state index contributed by atoms with van der Waals surface area (Å²) in [5.74, 6) is 2.74. The lowest BCUT2D eigenvalue weighted by Gasteiger charge is -2.06. The van der Waals surface area contributed by atoms with Crippen molar-refractivity contribution in [3.63, 3.8) is 0 Å². The van der Waals surface area contributed by atoms with Crippen LogP contribution < -0.4 is 5.32 Å². The Hall–Kier alpha value is -0.830. The Labute approximate surface area is 84.9 Å². The fourth-order valence-corrected chi connectivity index (χ4v) is 1.62. The second-order valence-corrected chi connectivity index (χ2v) is 4.09. The number of aromatic nitrogens is 1. The van der Waals surface area contributed by atoms with Gasteiger partial charge < -0.3 is 9.73 Å². The highest BCUT2D eigenvalue weighted by atomic mass is 16.4. The van der Waals surface area contributed by atoms with E-state index in [1.165, 1.54) is 12.8 Å². The van der Waals surface area contributed by atoms with Gasteiger partial charge in [-0.25, -0.2) is 4.98 Å². The van der Waals surface area contributed by atoms with Crippen LogP contribution in [0.3, 0.4) is 0 Å². The van der Waals surface area contributed by atoms with Crippen molar-refractivity contribution in [3.8, 4) is 0 Å². The first-order valence-corrected chi connectivity index (χ1v) is 5.47. The van der Waals surface area contributed by atoms with Crippen LogP contribution in [0.5, 0.6) is 0 Å². The Bertz CT molecular complexity index is 291. The highest BCUT2D eigenvalue weighted by molar-refractivity contribution is 5.00. The molecule has 3 nitrogen and oxygen atoms in total. The van der Waals surface area contributed by atoms with E-state index in [4.69, 9.17) is 4.42 Å². The largest absolute Gasteiger partial charge is 0.444 e. The van der Waals surface area contributed by atoms with E-state index in [-0.39, 0.29) is 6.04 Å². The van der Waals surface area contributed by atoms with Gasteiger partial charge in [0.25, 0.3) is 0 Å². The number of nitrogens with one attached hydrogen (secondary N) is 1. The molecule has 3 heteroatoms. The minimum atomic E-state index is 0.230. The SMILES string of the molecule is CCNC(C)c1ncc(CC2CC2)o1. The van der Waals surface area contributed by atoms with Crippen molar-refractivity contribution < 1.29 is 4.42 Å². The van der Waals surface area contributed by atoms with Crippen LogP contribution >= 0.6 is 0 Å². The topological polar surface area (TPSA) is 38.1 Å². The van der Waals surface area contributed by atoms with Crippen molar-refractivity contribution in [2.75, 3.05) is 6.54 Å². The molecule has 1 aromatic rings. The smallest absolute Gasteiger partial charge is 0.211 e. The van der Waals surface area contributed by atoms with Crippen LogP contribution in [0.25, 0.3) is 0 Å². The van der Waals surface area contributed by atoms with Gasteiger partial charge in [0.05, 0.1) is 12.2 Å². The van der Waals surface area contributed by atoms with Gasteiger partial charge in [-0.2, -0.15) is 0 Å². The molecule has 1 fully saturated rings. The summed E-state index contributed by atoms with van der Waals surface area (Å²) < 4.78 is 5.68. The zero-order valence-electron chi connectivity index (χ0n) is 8.92. The normalized spacial score (nSPS) is 18.4. The van der Waals surface area contributed by atoms with Crippen molar-refractivity contribution in [3.05, 3.63) is 17.8 Å². The van der Waals surface area contributed by atoms with Gasteiger partial charge in [0.15, 0.2) is 0 Å². The molecule has 1 unspecified atom stereocenters. The van der Waals surface area contributed by atoms with Gasteiger partial charge in [0.1, 0.15) is 5.76 Å². The van der Waals surface area contributed by atoms with Crippen molar-refractivity contribution >= 4 is 0 Å². The maximum Gasteiger partial charge on any atom is 0.211 e. The molecule has 0 amide bonds. The Kier molecular flexibility index (Phi) is 2.87. The third-order valence-corrected chi connectivity index (χ3v) is 2.64. The fraction of sp³-hybridized carbons (Fsp3) is 0.727. The summed E-state index contributed by atoms with van der Waals surface area (Å²) in [6.07, 6.45) is 5.67. The molecule has 14 heavy (non-hydrogen) atoms. The Morgan fingerprint density at radius 3 is 3.07 bits per heavy atom. The first kappa shape index (κ1) is 9.71. The van der Waals surface area contributed by atoms with E-state index in [1.54, 1.807) is 0 Å². The number of nitrogens with zero attached hydrogens (tertiary/aromatic N) is 1. The molecule has 0 spiro atoms. The molecule has 1 aromatic heterocycles. The van der Waals surface area contributed by atoms with Crippen LogP contribution in [0.15, 0.2) is 10.6 Å². The van der Waals surface area contributed by atoms with Crippen LogP contribution in [0.1, 0.15) is 44.4 Å². The average Bonchev–Trinajstić information content (AvgIpc) is 2.82. The van der Waals surface area contributed by atoms with Gasteiger partial charge in [-0.1, -0.05) is 6.92 Å². The van der Waals surface area contributed by atoms with E-state index in [0.717, 1.165) is 30.5 Å². The van der Waals surface area contributed by atoms with E-state index in [0.29, 0.717) is 0 Å². The molecule has 0 saturated heterocycles. The first-order chi connectivity index (χ1) is 6.79. The lowest BCUT2D eigenvalue weighted by atomic mass is 10.2. The van der Waals surface area contributed by atoms with Crippen LogP contribution in [-0.4, -0.2) is 11.5 Å². The molecule has 1 aliphatic rings. The predicted octanol–water partition coefficient (Wildman–Crippen LogP) is 2.30. The quantitative estimate of drug-likeness (QED) is 0.781. The average molecular weight is 194 g/mol. The zero-order valence-corrected chi connectivity index (χ0v) is 8.92. The lowest BCUT2D eigenvalue weighted by molar-refractivity contribution is 0.394. The molecule has 0 aliphatic heterocycles. The van der Waals surface area contributed by atoms with Gasteiger partial charge in [0.2, 0.25) is 5.89 Å². The molecule has 1 heterocycles. The van der Waals surface area contributed by atoms with Gasteiger partial charge in [0, 0.05) is 6.42 Å². The highest BCUT2D eigenvalue weighted by Crippen LogP contribution is 2.32. The fourth-order valence-electron chi connectivity index (χ4n) is 1.62. The number of hydrogen-bond acceptors (Lipinski definition) is 3. The molecule has 0 bridgehead atoms. The maximum absolute atomic E-state index is 5.68. The number of oxazole rings is 1. The van der Waals surface area contributed by atoms with E-state index >= 15 is 0 Å². The van der Waals surface area contributed by atoms with Gasteiger partial charge in [-0.05, 0) is 32.2 Å². The number of rotatable bonds is 5. The Morgan fingerprint density at radius 1 is 1.64 bits per heavy atom. The summed E-state index contributed by atoms with van der Waals surface area (Å²) in [7, 11) is 0. The molecule has 78 valence electrons. The number of hydrogen-bond donors (Lipinski definition) is 1. The van der Waals surface area contributed by atoms with Gasteiger partial charge in [-0.15, -0.1) is 0 Å². The minimum absolute atomic E-state index is 0.230. The summed E-state index contributed by atoms with van der Waals surface area (Å²) in [6, 6.07) is 0.230. The summed E-state index contributed by atoms with van der Waals surface area (Å²) in [5, 5.41) is 3.29. The monoisotopic (exact) mass is 194 g/mol. The van der Waals surface area contributed by atoms with Crippen LogP contribution in [-0.2, 0) is 6.42 Å². The molecule has 1 saturated carbocycles. The molecule has 0 aromatic carbocycles. The molecular formula is C11H18N2O. The van der Waals surface area contributed by atoms with E-state index in [1.807, 2.05) is 6.20 Å². The van der Waals surface area contributed by atoms with Crippen LogP contribution in [0.4, 0.5) is 0 Å². The molecule has 1 N–H and O–H groups in total. The Balaban J connectivity index is 1.93. The standard InChI is InChI=1S/C11H18N2O/c1-3-12-8(2)11-13-7-10(14-11)6-9-4-5-9/h7-9,12H,3-6H2,1-2H3. The summed E-state index contributed by atoms with van der Waals surface area (Å²) in [6.45, 7) is 5.11. The van der Waals surface area contributed by atoms with Gasteiger partial charge >= 0.3 is 0 Å². The van der Waals surface area contributed by atoms with Gasteiger partial charge in [-0.3, -0.25) is 0 Å². The molecular weight excluding hydrogens is 176 g/mol. The van der Waals surface area contributed by atoms with Crippen LogP contribution in [0, 0.1) is 5.92 Å². The second kappa shape index (κ2) is 4.13. The first-order valence-electron chi connectivity index (χ1n) is 5.47. The van der Waals surface area contributed by atoms with Crippen molar-refractivity contribution in [2.24, 2.45) is 5.92 Å². The minimum Gasteiger partial charge on any atom is -0.444 e. The third kappa shape index (κ3) is 2.35. The maximum atomic E-state index is 5.68. The van der Waals surface area contributed by atoms with Crippen molar-refractivity contribution in [2.45, 2.75) is 39.2 Å². The summed E-state index contributed by atoms with van der Waals surface area (Å²) in [5.41, 5.74) is 0. The molecule has 1 aliphatic carbocycles. The molecule has 1 atom stereocenters. The van der Waals surface area contributed by atoms with Crippen molar-refractivity contribution in [1.29, 1.82) is 0 Å².